The molecule has 0 amide bonds. The lowest BCUT2D eigenvalue weighted by Gasteiger charge is -2.22. The maximum absolute atomic E-state index is 10.5. The molecule has 0 radical (unpaired) electrons. The van der Waals surface area contributed by atoms with Crippen LogP contribution >= 0.6 is 81.2 Å². The fraction of sp³-hybridized carbons (Fsp3) is 0.333. The first-order chi connectivity index (χ1) is 22.4. The fourth-order valence-electron chi connectivity index (χ4n) is 2.96. The third-order valence-corrected chi connectivity index (χ3v) is 6.04. The Morgan fingerprint density at radius 2 is 0.978 bits per heavy atom. The molecule has 0 aliphatic heterocycles. The van der Waals surface area contributed by atoms with E-state index in [4.69, 9.17) is 74.0 Å². The van der Waals surface area contributed by atoms with E-state index in [1.807, 2.05) is 24.3 Å². The number of carboxylic acid groups (broad SMARTS) is 1. The lowest BCUT2D eigenvalue weighted by molar-refractivity contribution is -0.131. The first-order valence-electron chi connectivity index (χ1n) is 13.8. The highest BCUT2D eigenvalue weighted by Gasteiger charge is 2.06. The van der Waals surface area contributed by atoms with E-state index in [0.29, 0.717) is 55.0 Å². The summed E-state index contributed by atoms with van der Waals surface area (Å²) in [6.07, 6.45) is 4.45. The number of carbonyl (C=O) groups is 4. The van der Waals surface area contributed by atoms with Crippen LogP contribution in [-0.2, 0) is 19.2 Å². The number of aliphatic carboxylic acids is 1. The van der Waals surface area contributed by atoms with Gasteiger partial charge in [-0.25, -0.2) is 4.79 Å². The molecule has 256 valence electrons. The Kier molecular flexibility index (Phi) is 28.4. The first-order valence-corrected chi connectivity index (χ1v) is 16.4. The maximum atomic E-state index is 10.5. The van der Waals surface area contributed by atoms with Crippen LogP contribution in [0.2, 0.25) is 0 Å². The Bertz CT molecular complexity index is 1120. The molecule has 0 saturated heterocycles. The van der Waals surface area contributed by atoms with Gasteiger partial charge in [-0.3, -0.25) is 14.4 Å². The SMILES string of the molecule is O=C(Cl)/C=C/Oc1ccc(N(CCCl)CCCl)cc1.O=C(Cl)C(=O)Cl.O=C(O)/C=C/Oc1ccc(N(CCCl)CCCl)cc1.[2H]CC. The van der Waals surface area contributed by atoms with Gasteiger partial charge in [-0.15, -0.1) is 46.4 Å². The number of alkyl halides is 4. The van der Waals surface area contributed by atoms with Gasteiger partial charge >= 0.3 is 16.5 Å². The minimum atomic E-state index is -1.14. The number of ether oxygens (including phenoxy) is 2. The summed E-state index contributed by atoms with van der Waals surface area (Å²) < 4.78 is 16.6. The summed E-state index contributed by atoms with van der Waals surface area (Å²) in [5.41, 5.74) is 2.02. The Morgan fingerprint density at radius 1 is 0.674 bits per heavy atom. The Morgan fingerprint density at radius 3 is 1.22 bits per heavy atom. The fourth-order valence-corrected chi connectivity index (χ4v) is 3.82. The molecule has 2 rings (SSSR count). The number of carboxylic acids is 1. The largest absolute Gasteiger partial charge is 0.478 e. The van der Waals surface area contributed by atoms with E-state index in [2.05, 4.69) is 33.0 Å². The van der Waals surface area contributed by atoms with E-state index in [-0.39, 0.29) is 0 Å². The zero-order valence-corrected chi connectivity index (χ0v) is 30.0. The molecule has 0 aliphatic rings. The van der Waals surface area contributed by atoms with Crippen LogP contribution in [0, 0.1) is 0 Å². The summed E-state index contributed by atoms with van der Waals surface area (Å²) in [6, 6.07) is 14.7. The second kappa shape index (κ2) is 30.0. The normalized spacial score (nSPS) is 10.2. The van der Waals surface area contributed by atoms with Crippen LogP contribution in [-0.4, -0.2) is 76.5 Å². The number of carbonyl (C=O) groups excluding carboxylic acids is 3. The van der Waals surface area contributed by atoms with Crippen LogP contribution in [0.25, 0.3) is 0 Å². The number of hydrogen-bond donors (Lipinski definition) is 1. The molecule has 0 saturated carbocycles. The molecule has 0 unspecified atom stereocenters. The predicted octanol–water partition coefficient (Wildman–Crippen LogP) is 8.12. The quantitative estimate of drug-likeness (QED) is 0.0559. The average molecular weight is 785 g/mol. The Hall–Kier alpha value is -2.37. The number of nitrogens with zero attached hydrogens (tertiary/aromatic N) is 2. The van der Waals surface area contributed by atoms with E-state index >= 15 is 0 Å². The van der Waals surface area contributed by atoms with Crippen molar-refractivity contribution in [1.82, 2.24) is 0 Å². The van der Waals surface area contributed by atoms with Gasteiger partial charge in [0, 0.05) is 68.5 Å². The van der Waals surface area contributed by atoms with Crippen molar-refractivity contribution >= 4 is 114 Å². The number of hydrogen-bond acceptors (Lipinski definition) is 8. The van der Waals surface area contributed by atoms with Crippen LogP contribution < -0.4 is 19.3 Å². The zero-order chi connectivity index (χ0) is 36.0. The average Bonchev–Trinajstić information content (AvgIpc) is 3.02. The summed E-state index contributed by atoms with van der Waals surface area (Å²) in [7, 11) is 0. The summed E-state index contributed by atoms with van der Waals surface area (Å²) in [4.78, 5) is 43.8. The minimum Gasteiger partial charge on any atom is -0.478 e. The van der Waals surface area contributed by atoms with Crippen LogP contribution in [0.4, 0.5) is 11.4 Å². The van der Waals surface area contributed by atoms with Crippen molar-refractivity contribution in [2.24, 2.45) is 0 Å². The van der Waals surface area contributed by atoms with Gasteiger partial charge in [0.1, 0.15) is 11.5 Å². The molecular weight excluding hydrogens is 749 g/mol. The number of anilines is 2. The van der Waals surface area contributed by atoms with Crippen molar-refractivity contribution in [2.75, 3.05) is 59.5 Å². The second-order valence-corrected chi connectivity index (χ2v) is 10.3. The van der Waals surface area contributed by atoms with E-state index in [1.54, 1.807) is 31.2 Å². The molecule has 0 bridgehead atoms. The minimum absolute atomic E-state index is 0.500. The van der Waals surface area contributed by atoms with Gasteiger partial charge in [0.05, 0.1) is 18.6 Å². The molecule has 16 heteroatoms. The summed E-state index contributed by atoms with van der Waals surface area (Å²) in [5, 5.41) is 5.57. The molecule has 0 atom stereocenters. The van der Waals surface area contributed by atoms with Crippen LogP contribution in [0.1, 0.15) is 15.2 Å². The van der Waals surface area contributed by atoms with Crippen molar-refractivity contribution < 1.29 is 35.1 Å². The predicted molar refractivity (Wildman–Crippen MR) is 191 cm³/mol. The van der Waals surface area contributed by atoms with Crippen molar-refractivity contribution in [3.8, 4) is 11.5 Å². The highest BCUT2D eigenvalue weighted by molar-refractivity contribution is 6.97. The van der Waals surface area contributed by atoms with Crippen molar-refractivity contribution in [1.29, 1.82) is 0 Å². The van der Waals surface area contributed by atoms with Crippen molar-refractivity contribution in [3.63, 3.8) is 0 Å². The van der Waals surface area contributed by atoms with Gasteiger partial charge in [-0.05, 0) is 83.3 Å². The molecule has 2 aromatic carbocycles. The summed E-state index contributed by atoms with van der Waals surface area (Å²) in [6.45, 7) is 5.19. The van der Waals surface area contributed by atoms with Crippen LogP contribution in [0.5, 0.6) is 11.5 Å². The number of benzene rings is 2. The second-order valence-electron chi connectivity index (χ2n) is 7.75. The molecule has 0 aromatic heterocycles. The van der Waals surface area contributed by atoms with Gasteiger partial charge in [-0.1, -0.05) is 13.8 Å². The van der Waals surface area contributed by atoms with Crippen molar-refractivity contribution in [2.45, 2.75) is 13.8 Å². The lowest BCUT2D eigenvalue weighted by atomic mass is 10.2. The molecule has 9 nitrogen and oxygen atoms in total. The first kappa shape index (κ1) is 43.6. The van der Waals surface area contributed by atoms with Crippen LogP contribution in [0.3, 0.4) is 0 Å². The van der Waals surface area contributed by atoms with Gasteiger partial charge in [0.15, 0.2) is 0 Å². The molecule has 0 fully saturated rings. The van der Waals surface area contributed by atoms with Gasteiger partial charge in [0.2, 0.25) is 5.24 Å². The smallest absolute Gasteiger partial charge is 0.331 e. The van der Waals surface area contributed by atoms with E-state index in [1.165, 1.54) is 6.26 Å². The molecule has 0 heterocycles. The molecule has 2 aromatic rings. The third kappa shape index (κ3) is 23.9. The molecule has 0 aliphatic carbocycles. The Balaban J connectivity index is 0. The number of rotatable bonds is 17. The van der Waals surface area contributed by atoms with E-state index in [0.717, 1.165) is 42.9 Å². The van der Waals surface area contributed by atoms with Crippen molar-refractivity contribution in [3.05, 3.63) is 73.2 Å². The molecule has 46 heavy (non-hydrogen) atoms. The summed E-state index contributed by atoms with van der Waals surface area (Å²) >= 11 is 37.1. The number of allylic oxidation sites excluding steroid dienone is 1. The van der Waals surface area contributed by atoms with E-state index < -0.39 is 21.7 Å². The Labute approximate surface area is 305 Å². The maximum Gasteiger partial charge on any atom is 0.331 e. The van der Waals surface area contributed by atoms with Gasteiger partial charge in [-0.2, -0.15) is 0 Å². The van der Waals surface area contributed by atoms with Gasteiger partial charge in [0.25, 0.3) is 0 Å². The zero-order valence-electron chi connectivity index (χ0n) is 25.7. The standard InChI is InChI=1S/C13H14Cl3NO2.C13H15Cl2NO3.C2Cl2O2.C2H6/c14-6-8-17(9-7-15)11-1-3-12(4-2-11)19-10-5-13(16)18;14-6-8-16(9-7-15)11-1-3-12(4-2-11)19-10-5-13(17)18;3-1(5)2(4)6;1-2/h1-5,10H,6-9H2;1-5,10H,6-9H2,(H,17,18);;1-2H3/b2*10-5+;;/i;;;1D. The molecule has 0 spiro atoms. The highest BCUT2D eigenvalue weighted by atomic mass is 35.5. The van der Waals surface area contributed by atoms with Gasteiger partial charge < -0.3 is 24.4 Å². The third-order valence-electron chi connectivity index (χ3n) is 4.79. The lowest BCUT2D eigenvalue weighted by Crippen LogP contribution is -2.27. The molecular formula is C30H35Cl7N2O7. The number of halogens is 7. The highest BCUT2D eigenvalue weighted by Crippen LogP contribution is 2.21. The topological polar surface area (TPSA) is 113 Å². The van der Waals surface area contributed by atoms with E-state index in [9.17, 15) is 19.2 Å². The summed E-state index contributed by atoms with van der Waals surface area (Å²) in [5.74, 6) is 2.26. The van der Waals surface area contributed by atoms with Crippen LogP contribution in [0.15, 0.2) is 73.2 Å². The molecule has 1 N–H and O–H groups in total. The monoisotopic (exact) mass is 781 g/mol.